The molecule has 0 spiro atoms. The predicted octanol–water partition coefficient (Wildman–Crippen LogP) is 3.58. The fourth-order valence-electron chi connectivity index (χ4n) is 3.31. The summed E-state index contributed by atoms with van der Waals surface area (Å²) in [5.41, 5.74) is -0.326. The van der Waals surface area contributed by atoms with Crippen LogP contribution in [0.2, 0.25) is 0 Å². The minimum absolute atomic E-state index is 0. The van der Waals surface area contributed by atoms with Gasteiger partial charge < -0.3 is 18.9 Å². The summed E-state index contributed by atoms with van der Waals surface area (Å²) in [6.45, 7) is 7.96. The van der Waals surface area contributed by atoms with E-state index in [9.17, 15) is 9.59 Å². The summed E-state index contributed by atoms with van der Waals surface area (Å²) in [5.74, 6) is 1.59. The van der Waals surface area contributed by atoms with Crippen molar-refractivity contribution in [2.24, 2.45) is 17.8 Å². The number of carbonyl (C=O) groups excluding carboxylic acids is 2. The number of rotatable bonds is 5. The van der Waals surface area contributed by atoms with Crippen molar-refractivity contribution >= 4 is 23.9 Å². The number of ether oxygens (including phenoxy) is 4. The van der Waals surface area contributed by atoms with Crippen molar-refractivity contribution in [2.75, 3.05) is 12.4 Å². The molecule has 2 fully saturated rings. The number of hydrogen-bond donors (Lipinski definition) is 0. The standard InChI is InChI=1S/C17H28O6S.V/c1-10(2)13-6-5-11(3)7-14(13)22-17(19)20-8-16-23-15(9-24-16)21-12(4)18;/h10-11,13-16H,5-9H2,1-4H3;/t11-,13+,14-,15?,16-;/m1./s1. The Kier molecular flexibility index (Phi) is 9.71. The Hall–Kier alpha value is -0.366. The van der Waals surface area contributed by atoms with Gasteiger partial charge in [0.25, 0.3) is 0 Å². The van der Waals surface area contributed by atoms with Gasteiger partial charge in [-0.2, -0.15) is 0 Å². The number of thioether (sulfide) groups is 1. The van der Waals surface area contributed by atoms with Crippen molar-refractivity contribution in [1.82, 2.24) is 0 Å². The molecule has 1 heterocycles. The van der Waals surface area contributed by atoms with Crippen LogP contribution in [0, 0.1) is 17.8 Å². The summed E-state index contributed by atoms with van der Waals surface area (Å²) in [5, 5.41) is 0. The molecule has 6 nitrogen and oxygen atoms in total. The van der Waals surface area contributed by atoms with Crippen LogP contribution in [0.15, 0.2) is 0 Å². The molecule has 0 amide bonds. The van der Waals surface area contributed by atoms with Crippen molar-refractivity contribution in [3.05, 3.63) is 0 Å². The zero-order valence-electron chi connectivity index (χ0n) is 15.3. The maximum atomic E-state index is 12.0. The third-order valence-electron chi connectivity index (χ3n) is 4.57. The zero-order chi connectivity index (χ0) is 17.7. The Morgan fingerprint density at radius 3 is 2.60 bits per heavy atom. The summed E-state index contributed by atoms with van der Waals surface area (Å²) in [6, 6.07) is 0. The van der Waals surface area contributed by atoms with Gasteiger partial charge in [0.1, 0.15) is 18.1 Å². The summed E-state index contributed by atoms with van der Waals surface area (Å²) in [4.78, 5) is 22.9. The van der Waals surface area contributed by atoms with Gasteiger partial charge in [0.15, 0.2) is 0 Å². The van der Waals surface area contributed by atoms with E-state index in [1.54, 1.807) is 0 Å². The molecular weight excluding hydrogens is 383 g/mol. The first-order valence-corrected chi connectivity index (χ1v) is 9.67. The molecule has 25 heavy (non-hydrogen) atoms. The molecule has 0 aromatic rings. The Labute approximate surface area is 165 Å². The molecule has 1 unspecified atom stereocenters. The van der Waals surface area contributed by atoms with Crippen LogP contribution >= 0.6 is 11.8 Å². The second-order valence-corrected chi connectivity index (χ2v) is 8.17. The van der Waals surface area contributed by atoms with Gasteiger partial charge in [0.05, 0.1) is 5.75 Å². The third-order valence-corrected chi connectivity index (χ3v) is 5.65. The maximum Gasteiger partial charge on any atom is 0.508 e. The molecule has 1 saturated heterocycles. The number of hydrogen-bond acceptors (Lipinski definition) is 7. The Morgan fingerprint density at radius 2 is 1.96 bits per heavy atom. The van der Waals surface area contributed by atoms with Crippen LogP contribution in [0.4, 0.5) is 4.79 Å². The van der Waals surface area contributed by atoms with Gasteiger partial charge in [0, 0.05) is 25.5 Å². The summed E-state index contributed by atoms with van der Waals surface area (Å²) in [7, 11) is 0. The molecule has 1 aliphatic carbocycles. The Morgan fingerprint density at radius 1 is 1.24 bits per heavy atom. The van der Waals surface area contributed by atoms with Crippen LogP contribution in [0.1, 0.15) is 47.0 Å². The van der Waals surface area contributed by atoms with Gasteiger partial charge in [-0.15, -0.1) is 11.8 Å². The van der Waals surface area contributed by atoms with E-state index >= 15 is 0 Å². The topological polar surface area (TPSA) is 71.1 Å². The Bertz CT molecular complexity index is 447. The van der Waals surface area contributed by atoms with Crippen LogP contribution in [0.25, 0.3) is 0 Å². The van der Waals surface area contributed by atoms with Crippen LogP contribution in [0.5, 0.6) is 0 Å². The molecule has 1 aliphatic heterocycles. The SMILES string of the molecule is CC(=O)OC1CS[C@H](COC(=O)O[C@@H]2C[C@H](C)CC[C@H]2C(C)C)O1.[V]. The summed E-state index contributed by atoms with van der Waals surface area (Å²) in [6.07, 6.45) is 1.87. The van der Waals surface area contributed by atoms with E-state index in [4.69, 9.17) is 18.9 Å². The molecular formula is C17H28O6SV. The van der Waals surface area contributed by atoms with Gasteiger partial charge in [0.2, 0.25) is 6.29 Å². The van der Waals surface area contributed by atoms with Gasteiger partial charge >= 0.3 is 12.1 Å². The monoisotopic (exact) mass is 411 g/mol. The first-order chi connectivity index (χ1) is 11.3. The summed E-state index contributed by atoms with van der Waals surface area (Å²) < 4.78 is 21.2. The molecule has 8 heteroatoms. The van der Waals surface area contributed by atoms with E-state index in [0.29, 0.717) is 23.5 Å². The van der Waals surface area contributed by atoms with Crippen LogP contribution in [-0.4, -0.2) is 42.3 Å². The van der Waals surface area contributed by atoms with E-state index < -0.39 is 12.4 Å². The largest absolute Gasteiger partial charge is 0.508 e. The molecule has 0 bridgehead atoms. The van der Waals surface area contributed by atoms with Crippen molar-refractivity contribution in [3.8, 4) is 0 Å². The summed E-state index contributed by atoms with van der Waals surface area (Å²) >= 11 is 1.45. The molecule has 1 saturated carbocycles. The minimum Gasteiger partial charge on any atom is -0.435 e. The molecule has 2 rings (SSSR count). The van der Waals surface area contributed by atoms with Crippen molar-refractivity contribution in [1.29, 1.82) is 0 Å². The van der Waals surface area contributed by atoms with Crippen LogP contribution in [-0.2, 0) is 42.3 Å². The molecule has 1 radical (unpaired) electrons. The average Bonchev–Trinajstić information content (AvgIpc) is 2.91. The molecule has 5 atom stereocenters. The van der Waals surface area contributed by atoms with E-state index in [-0.39, 0.29) is 42.7 Å². The fraction of sp³-hybridized carbons (Fsp3) is 0.882. The van der Waals surface area contributed by atoms with Crippen molar-refractivity contribution in [3.63, 3.8) is 0 Å². The van der Waals surface area contributed by atoms with Gasteiger partial charge in [-0.25, -0.2) is 4.79 Å². The fourth-order valence-corrected chi connectivity index (χ4v) is 4.20. The average molecular weight is 411 g/mol. The third kappa shape index (κ3) is 7.41. The quantitative estimate of drug-likeness (QED) is 0.641. The van der Waals surface area contributed by atoms with E-state index in [1.165, 1.54) is 25.1 Å². The Balaban J connectivity index is 0.00000312. The zero-order valence-corrected chi connectivity index (χ0v) is 17.5. The van der Waals surface area contributed by atoms with Gasteiger partial charge in [-0.3, -0.25) is 4.79 Å². The first kappa shape index (κ1) is 22.7. The van der Waals surface area contributed by atoms with E-state index in [2.05, 4.69) is 20.8 Å². The molecule has 143 valence electrons. The number of carbonyl (C=O) groups is 2. The second kappa shape index (κ2) is 10.7. The van der Waals surface area contributed by atoms with E-state index in [0.717, 1.165) is 12.8 Å². The van der Waals surface area contributed by atoms with Gasteiger partial charge in [-0.1, -0.05) is 27.2 Å². The van der Waals surface area contributed by atoms with Crippen molar-refractivity contribution in [2.45, 2.75) is 64.8 Å². The molecule has 2 aliphatic rings. The molecule has 0 N–H and O–H groups in total. The maximum absolute atomic E-state index is 12.0. The van der Waals surface area contributed by atoms with Crippen LogP contribution < -0.4 is 0 Å². The van der Waals surface area contributed by atoms with Crippen LogP contribution in [0.3, 0.4) is 0 Å². The number of esters is 1. The smallest absolute Gasteiger partial charge is 0.435 e. The van der Waals surface area contributed by atoms with Gasteiger partial charge in [-0.05, 0) is 30.6 Å². The normalized spacial score (nSPS) is 32.0. The predicted molar refractivity (Wildman–Crippen MR) is 90.4 cm³/mol. The van der Waals surface area contributed by atoms with E-state index in [1.807, 2.05) is 0 Å². The molecule has 0 aromatic carbocycles. The minimum atomic E-state index is -0.639. The second-order valence-electron chi connectivity index (χ2n) is 6.98. The molecule has 0 aromatic heterocycles. The first-order valence-electron chi connectivity index (χ1n) is 8.62. The van der Waals surface area contributed by atoms with Crippen molar-refractivity contribution < 1.29 is 47.1 Å².